The van der Waals surface area contributed by atoms with Crippen LogP contribution in [0.3, 0.4) is 0 Å². The van der Waals surface area contributed by atoms with Gasteiger partial charge in [-0.3, -0.25) is 0 Å². The molecule has 0 aromatic rings. The van der Waals surface area contributed by atoms with E-state index >= 15 is 0 Å². The molecule has 0 bridgehead atoms. The van der Waals surface area contributed by atoms with Gasteiger partial charge < -0.3 is 55.1 Å². The molecule has 0 spiro atoms. The van der Waals surface area contributed by atoms with Crippen LogP contribution in [0, 0.1) is 5.92 Å². The summed E-state index contributed by atoms with van der Waals surface area (Å²) < 4.78 is 15.9. The van der Waals surface area contributed by atoms with Crippen molar-refractivity contribution in [2.45, 2.75) is 67.3 Å². The molecular weight excluding hydrogens is 356 g/mol. The highest BCUT2D eigenvalue weighted by atomic mass is 16.8. The number of ether oxygens (including phenoxy) is 3. The fourth-order valence-corrected chi connectivity index (χ4v) is 3.83. The lowest BCUT2D eigenvalue weighted by Crippen LogP contribution is -2.62. The van der Waals surface area contributed by atoms with Crippen molar-refractivity contribution in [3.63, 3.8) is 0 Å². The highest BCUT2D eigenvalue weighted by Gasteiger charge is 2.69. The number of hydrogen-bond donors (Lipinski definition) is 8. The second-order valence-electron chi connectivity index (χ2n) is 7.12. The molecule has 26 heavy (non-hydrogen) atoms. The van der Waals surface area contributed by atoms with E-state index in [1.165, 1.54) is 6.92 Å². The quantitative estimate of drug-likeness (QED) is 0.235. The summed E-state index contributed by atoms with van der Waals surface area (Å²) in [5.74, 6) is -1.38. The molecule has 0 unspecified atom stereocenters. The van der Waals surface area contributed by atoms with Gasteiger partial charge in [0.25, 0.3) is 0 Å². The lowest BCUT2D eigenvalue weighted by Gasteiger charge is -2.45. The molecule has 0 aromatic heterocycles. The average Bonchev–Trinajstić information content (AvgIpc) is 2.73. The van der Waals surface area contributed by atoms with Crippen LogP contribution >= 0.6 is 0 Å². The molecule has 2 heterocycles. The van der Waals surface area contributed by atoms with E-state index < -0.39 is 72.9 Å². The Balaban J connectivity index is 1.85. The van der Waals surface area contributed by atoms with Crippen LogP contribution in [0.5, 0.6) is 0 Å². The average molecular weight is 380 g/mol. The molecular formula is C15H24O11. The molecule has 8 N–H and O–H groups in total. The summed E-state index contributed by atoms with van der Waals surface area (Å²) in [6.45, 7) is 0.508. The summed E-state index contributed by atoms with van der Waals surface area (Å²) in [4.78, 5) is 0. The van der Waals surface area contributed by atoms with Crippen molar-refractivity contribution in [2.24, 2.45) is 5.92 Å². The first-order valence-electron chi connectivity index (χ1n) is 8.15. The summed E-state index contributed by atoms with van der Waals surface area (Å²) in [5, 5.41) is 80.3. The van der Waals surface area contributed by atoms with E-state index in [0.717, 1.165) is 12.3 Å². The summed E-state index contributed by atoms with van der Waals surface area (Å²) in [6, 6.07) is 0. The van der Waals surface area contributed by atoms with Crippen LogP contribution in [0.2, 0.25) is 0 Å². The van der Waals surface area contributed by atoms with Gasteiger partial charge in [0.1, 0.15) is 47.8 Å². The van der Waals surface area contributed by atoms with Crippen LogP contribution < -0.4 is 0 Å². The molecule has 2 aliphatic heterocycles. The normalized spacial score (nSPS) is 56.9. The minimum Gasteiger partial charge on any atom is -0.472 e. The van der Waals surface area contributed by atoms with Gasteiger partial charge in [-0.15, -0.1) is 0 Å². The van der Waals surface area contributed by atoms with Crippen molar-refractivity contribution in [2.75, 3.05) is 6.61 Å². The van der Waals surface area contributed by atoms with E-state index in [4.69, 9.17) is 14.2 Å². The molecule has 11 atom stereocenters. The Morgan fingerprint density at radius 1 is 0.962 bits per heavy atom. The number of fused-ring (bicyclic) bond motifs is 1. The second kappa shape index (κ2) is 6.63. The molecule has 150 valence electrons. The highest BCUT2D eigenvalue weighted by Crippen LogP contribution is 2.49. The van der Waals surface area contributed by atoms with Crippen molar-refractivity contribution in [3.05, 3.63) is 12.3 Å². The largest absolute Gasteiger partial charge is 0.472 e. The number of hydrogen-bond acceptors (Lipinski definition) is 11. The minimum atomic E-state index is -2.08. The Morgan fingerprint density at radius 3 is 2.23 bits per heavy atom. The van der Waals surface area contributed by atoms with Gasteiger partial charge in [-0.05, 0) is 13.0 Å². The SMILES string of the molecule is C[C@]1(O)[C@H](O)[C@H](O)[C@]2(O)C=CO[C@@H](O[C@@H]3O[C@H](CO)[C@@H](O)[C@H](O)[C@H]3O)[C@H]12. The number of rotatable bonds is 3. The third-order valence-electron chi connectivity index (χ3n) is 5.44. The zero-order valence-corrected chi connectivity index (χ0v) is 13.9. The van der Waals surface area contributed by atoms with E-state index in [2.05, 4.69) is 0 Å². The predicted octanol–water partition coefficient (Wildman–Crippen LogP) is -4.49. The maximum Gasteiger partial charge on any atom is 0.210 e. The zero-order valence-electron chi connectivity index (χ0n) is 13.9. The van der Waals surface area contributed by atoms with Crippen molar-refractivity contribution in [1.29, 1.82) is 0 Å². The molecule has 1 saturated carbocycles. The van der Waals surface area contributed by atoms with E-state index in [9.17, 15) is 40.9 Å². The van der Waals surface area contributed by atoms with Gasteiger partial charge in [0.15, 0.2) is 6.29 Å². The molecule has 1 aliphatic carbocycles. The first kappa shape index (κ1) is 19.9. The standard InChI is InChI=1S/C15H24O11/c1-14(22)9-13(24-3-2-15(9,23)11(21)10(14)20)26-12-8(19)7(18)6(17)5(4-16)25-12/h2-3,5-13,16-23H,4H2,1H3/t5-,6-,7+,8-,9-,10-,11+,12+,13+,14-,15+/m1/s1. The van der Waals surface area contributed by atoms with Crippen molar-refractivity contribution < 1.29 is 55.1 Å². The minimum absolute atomic E-state index is 0.668. The zero-order chi connectivity index (χ0) is 19.4. The second-order valence-corrected chi connectivity index (χ2v) is 7.12. The topological polar surface area (TPSA) is 190 Å². The van der Waals surface area contributed by atoms with E-state index in [-0.39, 0.29) is 0 Å². The Morgan fingerprint density at radius 2 is 1.62 bits per heavy atom. The van der Waals surface area contributed by atoms with Crippen molar-refractivity contribution in [3.8, 4) is 0 Å². The van der Waals surface area contributed by atoms with Crippen LogP contribution in [0.4, 0.5) is 0 Å². The fraction of sp³-hybridized carbons (Fsp3) is 0.867. The maximum absolute atomic E-state index is 10.7. The Kier molecular flexibility index (Phi) is 5.08. The molecule has 0 amide bonds. The van der Waals surface area contributed by atoms with Crippen LogP contribution in [0.15, 0.2) is 12.3 Å². The van der Waals surface area contributed by atoms with Crippen LogP contribution in [0.25, 0.3) is 0 Å². The Labute approximate surface area is 148 Å². The van der Waals surface area contributed by atoms with Gasteiger partial charge in [0.05, 0.1) is 18.8 Å². The van der Waals surface area contributed by atoms with Gasteiger partial charge >= 0.3 is 0 Å². The van der Waals surface area contributed by atoms with Gasteiger partial charge in [-0.2, -0.15) is 0 Å². The van der Waals surface area contributed by atoms with E-state index in [1.54, 1.807) is 0 Å². The van der Waals surface area contributed by atoms with Gasteiger partial charge in [-0.25, -0.2) is 0 Å². The first-order chi connectivity index (χ1) is 12.1. The Bertz CT molecular complexity index is 552. The van der Waals surface area contributed by atoms with E-state index in [0.29, 0.717) is 0 Å². The molecule has 11 heteroatoms. The predicted molar refractivity (Wildman–Crippen MR) is 79.9 cm³/mol. The summed E-state index contributed by atoms with van der Waals surface area (Å²) in [7, 11) is 0. The molecule has 3 rings (SSSR count). The smallest absolute Gasteiger partial charge is 0.210 e. The maximum atomic E-state index is 10.7. The number of aliphatic hydroxyl groups excluding tert-OH is 6. The van der Waals surface area contributed by atoms with Gasteiger partial charge in [-0.1, -0.05) is 0 Å². The molecule has 0 aromatic carbocycles. The van der Waals surface area contributed by atoms with Crippen LogP contribution in [-0.2, 0) is 14.2 Å². The van der Waals surface area contributed by atoms with Crippen LogP contribution in [0.1, 0.15) is 6.92 Å². The Hall–Kier alpha value is -0.860. The molecule has 1 saturated heterocycles. The molecule has 2 fully saturated rings. The fourth-order valence-electron chi connectivity index (χ4n) is 3.83. The van der Waals surface area contributed by atoms with Crippen LogP contribution in [-0.4, -0.2) is 108 Å². The molecule has 0 radical (unpaired) electrons. The molecule has 3 aliphatic rings. The van der Waals surface area contributed by atoms with Gasteiger partial charge in [0, 0.05) is 0 Å². The monoisotopic (exact) mass is 380 g/mol. The molecule has 11 nitrogen and oxygen atoms in total. The number of aliphatic hydroxyl groups is 8. The van der Waals surface area contributed by atoms with Crippen molar-refractivity contribution in [1.82, 2.24) is 0 Å². The third kappa shape index (κ3) is 2.76. The van der Waals surface area contributed by atoms with E-state index in [1.807, 2.05) is 0 Å². The highest BCUT2D eigenvalue weighted by molar-refractivity contribution is 5.24. The lowest BCUT2D eigenvalue weighted by molar-refractivity contribution is -0.352. The summed E-state index contributed by atoms with van der Waals surface area (Å²) in [6.07, 6.45) is -10.7. The lowest BCUT2D eigenvalue weighted by atomic mass is 9.81. The first-order valence-corrected chi connectivity index (χ1v) is 8.15. The van der Waals surface area contributed by atoms with Crippen molar-refractivity contribution >= 4 is 0 Å². The summed E-state index contributed by atoms with van der Waals surface area (Å²) in [5.41, 5.74) is -4.11. The summed E-state index contributed by atoms with van der Waals surface area (Å²) >= 11 is 0. The third-order valence-corrected chi connectivity index (χ3v) is 5.44. The van der Waals surface area contributed by atoms with Gasteiger partial charge in [0.2, 0.25) is 6.29 Å².